The molecule has 2 nitrogen and oxygen atoms in total. The molecule has 4 saturated carbocycles. The normalized spacial score (nSPS) is 23.3. The van der Waals surface area contributed by atoms with Crippen molar-refractivity contribution in [1.82, 2.24) is 10.2 Å². The monoisotopic (exact) mass is 692 g/mol. The number of hydrogen-bond donors (Lipinski definition) is 0. The van der Waals surface area contributed by atoms with Crippen LogP contribution in [0.5, 0.6) is 0 Å². The van der Waals surface area contributed by atoms with Crippen LogP contribution in [-0.4, -0.2) is 10.2 Å². The quantitative estimate of drug-likeness (QED) is 0.183. The second kappa shape index (κ2) is 11.6. The van der Waals surface area contributed by atoms with Gasteiger partial charge in [-0.3, -0.25) is 0 Å². The van der Waals surface area contributed by atoms with Crippen LogP contribution in [0.3, 0.4) is 0 Å². The van der Waals surface area contributed by atoms with Gasteiger partial charge in [-0.2, -0.15) is 0 Å². The Morgan fingerprint density at radius 3 is 1.81 bits per heavy atom. The van der Waals surface area contributed by atoms with E-state index in [4.69, 9.17) is 10.2 Å². The van der Waals surface area contributed by atoms with Gasteiger partial charge in [-0.1, -0.05) is 121 Å². The molecular weight excluding hydrogens is 653 g/mol. The van der Waals surface area contributed by atoms with Crippen molar-refractivity contribution in [2.75, 3.05) is 0 Å². The molecule has 13 rings (SSSR count). The van der Waals surface area contributed by atoms with Gasteiger partial charge < -0.3 is 0 Å². The number of aromatic nitrogens is 2. The number of benzene rings is 7. The van der Waals surface area contributed by atoms with Crippen molar-refractivity contribution in [3.05, 3.63) is 169 Å². The molecule has 5 aliphatic carbocycles. The Balaban J connectivity index is 0.911. The summed E-state index contributed by atoms with van der Waals surface area (Å²) in [5.41, 5.74) is 15.2. The average Bonchev–Trinajstić information content (AvgIpc) is 3.51. The van der Waals surface area contributed by atoms with Crippen LogP contribution >= 0.6 is 0 Å². The summed E-state index contributed by atoms with van der Waals surface area (Å²) in [6.45, 7) is 0. The molecule has 1 heterocycles. The smallest absolute Gasteiger partial charge is 0.0936 e. The number of rotatable bonds is 4. The van der Waals surface area contributed by atoms with E-state index in [1.807, 2.05) is 0 Å². The maximum atomic E-state index is 4.78. The van der Waals surface area contributed by atoms with E-state index in [1.54, 1.807) is 11.1 Å². The summed E-state index contributed by atoms with van der Waals surface area (Å²) in [4.78, 5) is 0. The number of nitrogens with zero attached hydrogens (tertiary/aromatic N) is 2. The van der Waals surface area contributed by atoms with Gasteiger partial charge in [0.15, 0.2) is 0 Å². The Morgan fingerprint density at radius 1 is 0.370 bits per heavy atom. The highest BCUT2D eigenvalue weighted by atomic mass is 15.1. The number of hydrogen-bond acceptors (Lipinski definition) is 2. The van der Waals surface area contributed by atoms with Gasteiger partial charge in [-0.05, 0) is 158 Å². The van der Waals surface area contributed by atoms with Gasteiger partial charge in [0, 0.05) is 16.5 Å². The molecule has 0 amide bonds. The molecule has 2 heteroatoms. The first kappa shape index (κ1) is 30.6. The zero-order valence-corrected chi connectivity index (χ0v) is 30.3. The van der Waals surface area contributed by atoms with Crippen LogP contribution in [-0.2, 0) is 5.41 Å². The molecule has 0 atom stereocenters. The van der Waals surface area contributed by atoms with E-state index in [2.05, 4.69) is 158 Å². The molecule has 8 aromatic rings. The summed E-state index contributed by atoms with van der Waals surface area (Å²) in [7, 11) is 0. The van der Waals surface area contributed by atoms with Crippen LogP contribution in [0, 0.1) is 23.7 Å². The Morgan fingerprint density at radius 2 is 1.00 bits per heavy atom. The Bertz CT molecular complexity index is 2760. The van der Waals surface area contributed by atoms with Crippen LogP contribution in [0.4, 0.5) is 0 Å². The van der Waals surface area contributed by atoms with Gasteiger partial charge in [-0.25, -0.2) is 0 Å². The van der Waals surface area contributed by atoms with E-state index in [9.17, 15) is 0 Å². The predicted molar refractivity (Wildman–Crippen MR) is 222 cm³/mol. The SMILES string of the molecule is c1cc(-c2ccc3cc4c(cc3c2)-c2ccccc2C42C3CC4CC(C3)CC2C4)cc(-c2ccccc2-c2ccc(-c3cccc4ccccc34)nn2)c1. The second-order valence-corrected chi connectivity index (χ2v) is 16.6. The minimum Gasteiger partial charge on any atom is -0.150 e. The lowest BCUT2D eigenvalue weighted by Crippen LogP contribution is -2.55. The van der Waals surface area contributed by atoms with Gasteiger partial charge in [0.2, 0.25) is 0 Å². The lowest BCUT2D eigenvalue weighted by molar-refractivity contribution is -0.0399. The van der Waals surface area contributed by atoms with E-state index >= 15 is 0 Å². The Labute approximate surface area is 316 Å². The third-order valence-corrected chi connectivity index (χ3v) is 14.0. The summed E-state index contributed by atoms with van der Waals surface area (Å²) in [5.74, 6) is 3.47. The van der Waals surface area contributed by atoms with Crippen molar-refractivity contribution in [3.63, 3.8) is 0 Å². The predicted octanol–water partition coefficient (Wildman–Crippen LogP) is 13.2. The minimum absolute atomic E-state index is 0.203. The molecule has 4 fully saturated rings. The fourth-order valence-corrected chi connectivity index (χ4v) is 12.0. The molecule has 1 spiro atoms. The molecule has 54 heavy (non-hydrogen) atoms. The first-order chi connectivity index (χ1) is 26.7. The first-order valence-electron chi connectivity index (χ1n) is 19.9. The minimum atomic E-state index is 0.203. The largest absolute Gasteiger partial charge is 0.150 e. The fourth-order valence-electron chi connectivity index (χ4n) is 12.0. The van der Waals surface area contributed by atoms with Crippen LogP contribution < -0.4 is 0 Å². The molecule has 4 bridgehead atoms. The summed E-state index contributed by atoms with van der Waals surface area (Å²) in [5, 5.41) is 14.6. The highest BCUT2D eigenvalue weighted by Crippen LogP contribution is 2.69. The van der Waals surface area contributed by atoms with Gasteiger partial charge in [0.1, 0.15) is 0 Å². The standard InChI is InChI=1S/C52H40N2/c1-2-13-42-34(9-1)10-8-17-46(42)51-22-21-50(53-54-51)45-16-4-3-14-43(45)38-12-7-11-35(28-38)36-19-20-37-31-49-47(30-39(37)29-36)44-15-5-6-18-48(44)52(49)40-24-32-23-33(26-40)27-41(52)25-32/h1-22,28-33,40-41H,23-27H2. The molecule has 0 saturated heterocycles. The van der Waals surface area contributed by atoms with Gasteiger partial charge >= 0.3 is 0 Å². The third-order valence-electron chi connectivity index (χ3n) is 14.0. The van der Waals surface area contributed by atoms with Gasteiger partial charge in [-0.15, -0.1) is 10.2 Å². The van der Waals surface area contributed by atoms with Crippen LogP contribution in [0.25, 0.3) is 77.4 Å². The molecule has 0 unspecified atom stereocenters. The average molecular weight is 693 g/mol. The molecule has 0 aliphatic heterocycles. The zero-order chi connectivity index (χ0) is 35.4. The molecule has 5 aliphatic rings. The van der Waals surface area contributed by atoms with Gasteiger partial charge in [0.25, 0.3) is 0 Å². The van der Waals surface area contributed by atoms with Crippen molar-refractivity contribution in [3.8, 4) is 55.9 Å². The van der Waals surface area contributed by atoms with E-state index in [-0.39, 0.29) is 5.41 Å². The van der Waals surface area contributed by atoms with Crippen molar-refractivity contribution < 1.29 is 0 Å². The van der Waals surface area contributed by atoms with Crippen LogP contribution in [0.15, 0.2) is 158 Å². The maximum Gasteiger partial charge on any atom is 0.0936 e. The summed E-state index contributed by atoms with van der Waals surface area (Å²) >= 11 is 0. The van der Waals surface area contributed by atoms with Gasteiger partial charge in [0.05, 0.1) is 11.4 Å². The van der Waals surface area contributed by atoms with Crippen molar-refractivity contribution in [2.24, 2.45) is 23.7 Å². The lowest BCUT2D eigenvalue weighted by atomic mass is 9.43. The second-order valence-electron chi connectivity index (χ2n) is 16.6. The Kier molecular flexibility index (Phi) is 6.55. The maximum absolute atomic E-state index is 4.78. The topological polar surface area (TPSA) is 25.8 Å². The first-order valence-corrected chi connectivity index (χ1v) is 19.9. The Hall–Kier alpha value is -5.86. The fraction of sp³-hybridized carbons (Fsp3) is 0.192. The molecule has 1 aromatic heterocycles. The highest BCUT2D eigenvalue weighted by molar-refractivity contribution is 5.97. The van der Waals surface area contributed by atoms with Crippen molar-refractivity contribution in [2.45, 2.75) is 37.5 Å². The summed E-state index contributed by atoms with van der Waals surface area (Å²) < 4.78 is 0. The lowest BCUT2D eigenvalue weighted by Gasteiger charge is -2.61. The van der Waals surface area contributed by atoms with E-state index < -0.39 is 0 Å². The third kappa shape index (κ3) is 4.40. The van der Waals surface area contributed by atoms with E-state index in [1.165, 1.54) is 81.5 Å². The molecule has 7 aromatic carbocycles. The van der Waals surface area contributed by atoms with E-state index in [0.29, 0.717) is 0 Å². The van der Waals surface area contributed by atoms with Crippen molar-refractivity contribution >= 4 is 21.5 Å². The van der Waals surface area contributed by atoms with Crippen LogP contribution in [0.1, 0.15) is 43.2 Å². The highest BCUT2D eigenvalue weighted by Gasteiger charge is 2.61. The molecule has 0 radical (unpaired) electrons. The van der Waals surface area contributed by atoms with Crippen molar-refractivity contribution in [1.29, 1.82) is 0 Å². The summed E-state index contributed by atoms with van der Waals surface area (Å²) in [6, 6.07) is 58.3. The summed E-state index contributed by atoms with van der Waals surface area (Å²) in [6.07, 6.45) is 7.15. The molecule has 258 valence electrons. The molecular formula is C52H40N2. The van der Waals surface area contributed by atoms with E-state index in [0.717, 1.165) is 51.7 Å². The van der Waals surface area contributed by atoms with Crippen LogP contribution in [0.2, 0.25) is 0 Å². The zero-order valence-electron chi connectivity index (χ0n) is 30.3. The molecule has 0 N–H and O–H groups in total. The number of fused-ring (bicyclic) bond motifs is 5.